The molecule has 1 unspecified atom stereocenters. The van der Waals surface area contributed by atoms with Gasteiger partial charge in [-0.2, -0.15) is 0 Å². The molecule has 3 heterocycles. The number of aromatic nitrogens is 4. The van der Waals surface area contributed by atoms with Crippen LogP contribution in [0.4, 0.5) is 0 Å². The molecule has 0 bridgehead atoms. The Hall–Kier alpha value is -2.02. The van der Waals surface area contributed by atoms with E-state index in [2.05, 4.69) is 22.1 Å². The predicted octanol–water partition coefficient (Wildman–Crippen LogP) is 2.32. The minimum absolute atomic E-state index is 0.00657. The lowest BCUT2D eigenvalue weighted by molar-refractivity contribution is 0.451. The summed E-state index contributed by atoms with van der Waals surface area (Å²) in [7, 11) is 0. The maximum absolute atomic E-state index is 12.8. The van der Waals surface area contributed by atoms with Gasteiger partial charge in [-0.3, -0.25) is 9.36 Å². The largest absolute Gasteiger partial charge is 0.424 e. The highest BCUT2D eigenvalue weighted by Crippen LogP contribution is 2.35. The van der Waals surface area contributed by atoms with Crippen molar-refractivity contribution in [1.29, 1.82) is 0 Å². The standard InChI is InChI=1S/C15H16N4O2S/c1-8-3-4-10-11(5-8)22-14-13(10)15(20)19(7-16-14)6-12-18-17-9(2)21-12/h7-8H,3-6H2,1-2H3. The lowest BCUT2D eigenvalue weighted by Crippen LogP contribution is -2.22. The summed E-state index contributed by atoms with van der Waals surface area (Å²) in [5.74, 6) is 1.61. The molecule has 4 rings (SSSR count). The molecule has 6 nitrogen and oxygen atoms in total. The molecule has 0 saturated heterocycles. The fraction of sp³-hybridized carbons (Fsp3) is 0.467. The van der Waals surface area contributed by atoms with Crippen molar-refractivity contribution in [1.82, 2.24) is 19.7 Å². The van der Waals surface area contributed by atoms with Crippen LogP contribution in [0.15, 0.2) is 15.5 Å². The minimum atomic E-state index is -0.00657. The summed E-state index contributed by atoms with van der Waals surface area (Å²) < 4.78 is 6.91. The van der Waals surface area contributed by atoms with E-state index in [0.717, 1.165) is 29.5 Å². The van der Waals surface area contributed by atoms with Gasteiger partial charge in [-0.25, -0.2) is 4.98 Å². The fourth-order valence-electron chi connectivity index (χ4n) is 3.03. The van der Waals surface area contributed by atoms with Crippen LogP contribution in [0.3, 0.4) is 0 Å². The smallest absolute Gasteiger partial charge is 0.262 e. The van der Waals surface area contributed by atoms with E-state index in [1.807, 2.05) is 0 Å². The molecule has 0 N–H and O–H groups in total. The third kappa shape index (κ3) is 2.16. The Morgan fingerprint density at radius 2 is 2.32 bits per heavy atom. The topological polar surface area (TPSA) is 73.8 Å². The molecular formula is C15H16N4O2S. The van der Waals surface area contributed by atoms with E-state index in [1.165, 1.54) is 10.4 Å². The monoisotopic (exact) mass is 316 g/mol. The van der Waals surface area contributed by atoms with Crippen LogP contribution in [0.2, 0.25) is 0 Å². The highest BCUT2D eigenvalue weighted by atomic mass is 32.1. The van der Waals surface area contributed by atoms with E-state index in [4.69, 9.17) is 4.42 Å². The summed E-state index contributed by atoms with van der Waals surface area (Å²) in [6.45, 7) is 4.26. The van der Waals surface area contributed by atoms with Crippen LogP contribution in [0.5, 0.6) is 0 Å². The molecule has 0 aromatic carbocycles. The molecule has 7 heteroatoms. The molecule has 0 amide bonds. The van der Waals surface area contributed by atoms with Gasteiger partial charge in [-0.05, 0) is 30.7 Å². The van der Waals surface area contributed by atoms with Gasteiger partial charge in [0.05, 0.1) is 11.7 Å². The summed E-state index contributed by atoms with van der Waals surface area (Å²) in [6, 6.07) is 0. The molecule has 22 heavy (non-hydrogen) atoms. The molecule has 1 atom stereocenters. The average molecular weight is 316 g/mol. The van der Waals surface area contributed by atoms with E-state index in [0.29, 0.717) is 17.7 Å². The van der Waals surface area contributed by atoms with Crippen molar-refractivity contribution in [3.63, 3.8) is 0 Å². The zero-order valence-electron chi connectivity index (χ0n) is 12.5. The number of nitrogens with zero attached hydrogens (tertiary/aromatic N) is 4. The molecule has 1 aliphatic carbocycles. The van der Waals surface area contributed by atoms with Crippen LogP contribution in [-0.4, -0.2) is 19.7 Å². The Kier molecular flexibility index (Phi) is 3.11. The van der Waals surface area contributed by atoms with E-state index in [9.17, 15) is 4.79 Å². The van der Waals surface area contributed by atoms with Gasteiger partial charge in [0.2, 0.25) is 11.8 Å². The third-order valence-electron chi connectivity index (χ3n) is 4.16. The Labute approximate surface area is 130 Å². The van der Waals surface area contributed by atoms with Crippen LogP contribution in [0, 0.1) is 12.8 Å². The Balaban J connectivity index is 1.81. The van der Waals surface area contributed by atoms with Gasteiger partial charge in [-0.15, -0.1) is 21.5 Å². The zero-order chi connectivity index (χ0) is 15.3. The van der Waals surface area contributed by atoms with Gasteiger partial charge in [0.15, 0.2) is 0 Å². The SMILES string of the molecule is Cc1nnc(Cn2cnc3sc4c(c3c2=O)CCC(C)C4)o1. The molecule has 0 fully saturated rings. The number of rotatable bonds is 2. The van der Waals surface area contributed by atoms with Crippen molar-refractivity contribution in [2.75, 3.05) is 0 Å². The quantitative estimate of drug-likeness (QED) is 0.725. The highest BCUT2D eigenvalue weighted by molar-refractivity contribution is 7.18. The first kappa shape index (κ1) is 13.6. The first-order valence-corrected chi connectivity index (χ1v) is 8.22. The van der Waals surface area contributed by atoms with Gasteiger partial charge in [0, 0.05) is 11.8 Å². The van der Waals surface area contributed by atoms with E-state index >= 15 is 0 Å². The number of aryl methyl sites for hydroxylation is 2. The molecule has 0 radical (unpaired) electrons. The van der Waals surface area contributed by atoms with Crippen LogP contribution in [0.25, 0.3) is 10.2 Å². The molecule has 1 aliphatic rings. The van der Waals surface area contributed by atoms with Crippen LogP contribution >= 0.6 is 11.3 Å². The number of hydrogen-bond acceptors (Lipinski definition) is 6. The maximum atomic E-state index is 12.8. The van der Waals surface area contributed by atoms with Gasteiger partial charge < -0.3 is 4.42 Å². The summed E-state index contributed by atoms with van der Waals surface area (Å²) >= 11 is 1.66. The number of thiophene rings is 1. The van der Waals surface area contributed by atoms with Crippen molar-refractivity contribution >= 4 is 21.6 Å². The summed E-state index contributed by atoms with van der Waals surface area (Å²) in [5.41, 5.74) is 1.19. The first-order valence-electron chi connectivity index (χ1n) is 7.40. The highest BCUT2D eigenvalue weighted by Gasteiger charge is 2.23. The van der Waals surface area contributed by atoms with E-state index in [-0.39, 0.29) is 12.1 Å². The number of hydrogen-bond donors (Lipinski definition) is 0. The predicted molar refractivity (Wildman–Crippen MR) is 83.2 cm³/mol. The van der Waals surface area contributed by atoms with Crippen molar-refractivity contribution < 1.29 is 4.42 Å². The molecule has 3 aromatic heterocycles. The van der Waals surface area contributed by atoms with Gasteiger partial charge >= 0.3 is 0 Å². The second-order valence-corrected chi connectivity index (χ2v) is 7.01. The lowest BCUT2D eigenvalue weighted by Gasteiger charge is -2.17. The van der Waals surface area contributed by atoms with Gasteiger partial charge in [-0.1, -0.05) is 6.92 Å². The van der Waals surface area contributed by atoms with Crippen molar-refractivity contribution in [2.45, 2.75) is 39.7 Å². The average Bonchev–Trinajstić information content (AvgIpc) is 3.05. The zero-order valence-corrected chi connectivity index (χ0v) is 13.3. The van der Waals surface area contributed by atoms with Crippen molar-refractivity contribution in [3.05, 3.63) is 38.9 Å². The Morgan fingerprint density at radius 1 is 1.45 bits per heavy atom. The summed E-state index contributed by atoms with van der Waals surface area (Å²) in [5, 5.41) is 8.52. The minimum Gasteiger partial charge on any atom is -0.424 e. The second kappa shape index (κ2) is 5.01. The molecule has 0 spiro atoms. The maximum Gasteiger partial charge on any atom is 0.262 e. The van der Waals surface area contributed by atoms with Crippen molar-refractivity contribution in [3.8, 4) is 0 Å². The lowest BCUT2D eigenvalue weighted by atomic mass is 9.89. The Morgan fingerprint density at radius 3 is 3.09 bits per heavy atom. The molecule has 0 aliphatic heterocycles. The van der Waals surface area contributed by atoms with E-state index < -0.39 is 0 Å². The van der Waals surface area contributed by atoms with Crippen LogP contribution in [0.1, 0.15) is 35.6 Å². The number of fused-ring (bicyclic) bond motifs is 3. The molecular weight excluding hydrogens is 300 g/mol. The third-order valence-corrected chi connectivity index (χ3v) is 5.32. The van der Waals surface area contributed by atoms with Gasteiger partial charge in [0.25, 0.3) is 5.56 Å². The van der Waals surface area contributed by atoms with Gasteiger partial charge in [0.1, 0.15) is 11.4 Å². The Bertz CT molecular complexity index is 908. The molecule has 0 saturated carbocycles. The van der Waals surface area contributed by atoms with Crippen LogP contribution in [-0.2, 0) is 19.4 Å². The second-order valence-electron chi connectivity index (χ2n) is 5.92. The first-order chi connectivity index (χ1) is 10.6. The van der Waals surface area contributed by atoms with E-state index in [1.54, 1.807) is 29.2 Å². The normalized spacial score (nSPS) is 17.8. The summed E-state index contributed by atoms with van der Waals surface area (Å²) in [4.78, 5) is 19.4. The molecule has 114 valence electrons. The molecule has 3 aromatic rings. The summed E-state index contributed by atoms with van der Waals surface area (Å²) in [6.07, 6.45) is 4.74. The van der Waals surface area contributed by atoms with Crippen molar-refractivity contribution in [2.24, 2.45) is 5.92 Å². The van der Waals surface area contributed by atoms with Crippen LogP contribution < -0.4 is 5.56 Å². The fourth-order valence-corrected chi connectivity index (χ4v) is 4.37.